The molecule has 2 unspecified atom stereocenters. The fourth-order valence-electron chi connectivity index (χ4n) is 1.63. The van der Waals surface area contributed by atoms with Crippen molar-refractivity contribution in [3.63, 3.8) is 0 Å². The molecule has 0 saturated carbocycles. The summed E-state index contributed by atoms with van der Waals surface area (Å²) in [4.78, 5) is 13.6. The lowest BCUT2D eigenvalue weighted by Crippen LogP contribution is -2.37. The van der Waals surface area contributed by atoms with E-state index in [1.165, 1.54) is 7.11 Å². The number of hydrogen-bond donors (Lipinski definition) is 0. The second kappa shape index (κ2) is 6.41. The van der Waals surface area contributed by atoms with Gasteiger partial charge in [0.05, 0.1) is 6.04 Å². The Morgan fingerprint density at radius 1 is 1.33 bits per heavy atom. The number of likely N-dealkylation sites (N-methyl/N-ethyl adjacent to an activating group) is 1. The number of nitrogens with zero attached hydrogens (tertiary/aromatic N) is 1. The third-order valence-corrected chi connectivity index (χ3v) is 3.60. The van der Waals surface area contributed by atoms with E-state index < -0.39 is 6.10 Å². The predicted molar refractivity (Wildman–Crippen MR) is 74.1 cm³/mol. The van der Waals surface area contributed by atoms with Crippen LogP contribution in [0.5, 0.6) is 0 Å². The number of carbonyl (C=O) groups is 1. The van der Waals surface area contributed by atoms with E-state index >= 15 is 0 Å². The molecule has 0 spiro atoms. The number of methoxy groups -OCH3 is 1. The topological polar surface area (TPSA) is 29.5 Å². The maximum atomic E-state index is 12.0. The minimum atomic E-state index is -0.469. The standard InChI is InChI=1S/C13H17Cl2NO2/c1-8(16(3)13(17)9(2)18-4)11-6-5-10(14)7-12(11)15/h5-9H,1-4H3. The summed E-state index contributed by atoms with van der Waals surface area (Å²) < 4.78 is 5.02. The average Bonchev–Trinajstić information content (AvgIpc) is 2.35. The highest BCUT2D eigenvalue weighted by molar-refractivity contribution is 6.35. The summed E-state index contributed by atoms with van der Waals surface area (Å²) in [6.07, 6.45) is -0.469. The smallest absolute Gasteiger partial charge is 0.251 e. The fraction of sp³-hybridized carbons (Fsp3) is 0.462. The van der Waals surface area contributed by atoms with Gasteiger partial charge in [-0.1, -0.05) is 29.3 Å². The first-order chi connectivity index (χ1) is 8.38. The molecule has 0 bridgehead atoms. The van der Waals surface area contributed by atoms with Crippen molar-refractivity contribution in [2.45, 2.75) is 26.0 Å². The molecule has 0 aromatic heterocycles. The lowest BCUT2D eigenvalue weighted by molar-refractivity contribution is -0.141. The van der Waals surface area contributed by atoms with E-state index in [0.29, 0.717) is 10.0 Å². The summed E-state index contributed by atoms with van der Waals surface area (Å²) in [5, 5.41) is 1.13. The second-order valence-corrected chi connectivity index (χ2v) is 5.01. The third kappa shape index (κ3) is 3.37. The Balaban J connectivity index is 2.92. The first kappa shape index (κ1) is 15.3. The Morgan fingerprint density at radius 2 is 1.94 bits per heavy atom. The molecule has 1 aromatic carbocycles. The molecule has 1 amide bonds. The molecular formula is C13H17Cl2NO2. The molecule has 5 heteroatoms. The Hall–Kier alpha value is -0.770. The van der Waals surface area contributed by atoms with Gasteiger partial charge in [-0.2, -0.15) is 0 Å². The van der Waals surface area contributed by atoms with Crippen molar-refractivity contribution in [3.05, 3.63) is 33.8 Å². The van der Waals surface area contributed by atoms with Gasteiger partial charge in [0.2, 0.25) is 0 Å². The minimum Gasteiger partial charge on any atom is -0.372 e. The molecule has 18 heavy (non-hydrogen) atoms. The van der Waals surface area contributed by atoms with Crippen molar-refractivity contribution in [1.82, 2.24) is 4.90 Å². The lowest BCUT2D eigenvalue weighted by Gasteiger charge is -2.28. The van der Waals surface area contributed by atoms with E-state index in [1.54, 1.807) is 31.0 Å². The first-order valence-electron chi connectivity index (χ1n) is 5.63. The zero-order chi connectivity index (χ0) is 13.9. The van der Waals surface area contributed by atoms with Gasteiger partial charge in [-0.25, -0.2) is 0 Å². The van der Waals surface area contributed by atoms with Crippen LogP contribution in [0.3, 0.4) is 0 Å². The molecule has 0 heterocycles. The van der Waals surface area contributed by atoms with Crippen LogP contribution < -0.4 is 0 Å². The molecule has 1 aromatic rings. The van der Waals surface area contributed by atoms with Crippen LogP contribution in [-0.2, 0) is 9.53 Å². The molecule has 0 N–H and O–H groups in total. The van der Waals surface area contributed by atoms with E-state index in [2.05, 4.69) is 0 Å². The second-order valence-electron chi connectivity index (χ2n) is 4.17. The number of hydrogen-bond acceptors (Lipinski definition) is 2. The van der Waals surface area contributed by atoms with Crippen molar-refractivity contribution in [2.75, 3.05) is 14.2 Å². The monoisotopic (exact) mass is 289 g/mol. The van der Waals surface area contributed by atoms with E-state index in [4.69, 9.17) is 27.9 Å². The molecule has 3 nitrogen and oxygen atoms in total. The van der Waals surface area contributed by atoms with Gasteiger partial charge >= 0.3 is 0 Å². The summed E-state index contributed by atoms with van der Waals surface area (Å²) in [6.45, 7) is 3.63. The van der Waals surface area contributed by atoms with Crippen LogP contribution in [0.4, 0.5) is 0 Å². The number of benzene rings is 1. The van der Waals surface area contributed by atoms with Gasteiger partial charge in [-0.3, -0.25) is 4.79 Å². The van der Waals surface area contributed by atoms with Crippen LogP contribution >= 0.6 is 23.2 Å². The van der Waals surface area contributed by atoms with Crippen molar-refractivity contribution in [2.24, 2.45) is 0 Å². The van der Waals surface area contributed by atoms with Crippen molar-refractivity contribution < 1.29 is 9.53 Å². The predicted octanol–water partition coefficient (Wildman–Crippen LogP) is 3.55. The molecule has 0 radical (unpaired) electrons. The van der Waals surface area contributed by atoms with E-state index in [-0.39, 0.29) is 11.9 Å². The summed E-state index contributed by atoms with van der Waals surface area (Å²) in [7, 11) is 3.24. The molecule has 0 aliphatic rings. The van der Waals surface area contributed by atoms with E-state index in [9.17, 15) is 4.79 Å². The maximum Gasteiger partial charge on any atom is 0.251 e. The maximum absolute atomic E-state index is 12.0. The highest BCUT2D eigenvalue weighted by Gasteiger charge is 2.23. The molecular weight excluding hydrogens is 273 g/mol. The zero-order valence-corrected chi connectivity index (χ0v) is 12.4. The van der Waals surface area contributed by atoms with Gasteiger partial charge in [0.15, 0.2) is 0 Å². The Bertz CT molecular complexity index is 437. The number of amides is 1. The third-order valence-electron chi connectivity index (χ3n) is 3.04. The van der Waals surface area contributed by atoms with Gasteiger partial charge in [0, 0.05) is 24.2 Å². The molecule has 0 saturated heterocycles. The van der Waals surface area contributed by atoms with Crippen molar-refractivity contribution in [3.8, 4) is 0 Å². The number of ether oxygens (including phenoxy) is 1. The zero-order valence-electron chi connectivity index (χ0n) is 10.9. The van der Waals surface area contributed by atoms with Crippen molar-refractivity contribution >= 4 is 29.1 Å². The van der Waals surface area contributed by atoms with Gasteiger partial charge in [0.25, 0.3) is 5.91 Å². The fourth-order valence-corrected chi connectivity index (χ4v) is 2.19. The normalized spacial score (nSPS) is 14.1. The molecule has 1 rings (SSSR count). The first-order valence-corrected chi connectivity index (χ1v) is 6.38. The van der Waals surface area contributed by atoms with Gasteiger partial charge in [-0.15, -0.1) is 0 Å². The summed E-state index contributed by atoms with van der Waals surface area (Å²) >= 11 is 12.0. The van der Waals surface area contributed by atoms with E-state index in [1.807, 2.05) is 13.0 Å². The Labute approximate surface area is 118 Å². The van der Waals surface area contributed by atoms with Gasteiger partial charge in [0.1, 0.15) is 6.10 Å². The van der Waals surface area contributed by atoms with Gasteiger partial charge in [-0.05, 0) is 31.5 Å². The summed E-state index contributed by atoms with van der Waals surface area (Å²) in [6, 6.07) is 5.13. The van der Waals surface area contributed by atoms with Crippen LogP contribution in [0.1, 0.15) is 25.5 Å². The van der Waals surface area contributed by atoms with Crippen LogP contribution in [0.25, 0.3) is 0 Å². The number of rotatable bonds is 4. The summed E-state index contributed by atoms with van der Waals surface area (Å²) in [5.41, 5.74) is 0.861. The Kier molecular flexibility index (Phi) is 5.45. The molecule has 0 fully saturated rings. The molecule has 0 aliphatic heterocycles. The average molecular weight is 290 g/mol. The van der Waals surface area contributed by atoms with Crippen LogP contribution in [0.2, 0.25) is 10.0 Å². The van der Waals surface area contributed by atoms with Crippen LogP contribution in [-0.4, -0.2) is 31.1 Å². The minimum absolute atomic E-state index is 0.0870. The highest BCUT2D eigenvalue weighted by Crippen LogP contribution is 2.29. The van der Waals surface area contributed by atoms with E-state index in [0.717, 1.165) is 5.56 Å². The highest BCUT2D eigenvalue weighted by atomic mass is 35.5. The van der Waals surface area contributed by atoms with Gasteiger partial charge < -0.3 is 9.64 Å². The molecule has 2 atom stereocenters. The number of halogens is 2. The van der Waals surface area contributed by atoms with Crippen LogP contribution in [0.15, 0.2) is 18.2 Å². The van der Waals surface area contributed by atoms with Crippen molar-refractivity contribution in [1.29, 1.82) is 0 Å². The molecule has 0 aliphatic carbocycles. The molecule has 100 valence electrons. The quantitative estimate of drug-likeness (QED) is 0.848. The lowest BCUT2D eigenvalue weighted by atomic mass is 10.1. The largest absolute Gasteiger partial charge is 0.372 e. The number of carbonyl (C=O) groups excluding carboxylic acids is 1. The summed E-state index contributed by atoms with van der Waals surface area (Å²) in [5.74, 6) is -0.0870. The SMILES string of the molecule is COC(C)C(=O)N(C)C(C)c1ccc(Cl)cc1Cl. The van der Waals surface area contributed by atoms with Crippen LogP contribution in [0, 0.1) is 0 Å². The Morgan fingerprint density at radius 3 is 2.44 bits per heavy atom.